The lowest BCUT2D eigenvalue weighted by atomic mass is 10.2. The second-order valence-corrected chi connectivity index (χ2v) is 4.63. The van der Waals surface area contributed by atoms with Crippen LogP contribution in [0.5, 0.6) is 0 Å². The molecule has 0 aromatic carbocycles. The second kappa shape index (κ2) is 8.83. The lowest BCUT2D eigenvalue weighted by Gasteiger charge is -2.25. The zero-order valence-corrected chi connectivity index (χ0v) is 11.0. The molecule has 1 fully saturated rings. The summed E-state index contributed by atoms with van der Waals surface area (Å²) in [6.45, 7) is 5.21. The van der Waals surface area contributed by atoms with Gasteiger partial charge in [-0.2, -0.15) is 0 Å². The van der Waals surface area contributed by atoms with Crippen molar-refractivity contribution in [2.75, 3.05) is 53.6 Å². The highest BCUT2D eigenvalue weighted by molar-refractivity contribution is 4.83. The highest BCUT2D eigenvalue weighted by Crippen LogP contribution is 2.08. The van der Waals surface area contributed by atoms with Gasteiger partial charge in [0.15, 0.2) is 0 Å². The van der Waals surface area contributed by atoms with E-state index in [9.17, 15) is 5.11 Å². The molecule has 1 rings (SSSR count). The van der Waals surface area contributed by atoms with Crippen molar-refractivity contribution in [3.63, 3.8) is 0 Å². The fourth-order valence-corrected chi connectivity index (χ4v) is 2.20. The van der Waals surface area contributed by atoms with E-state index in [4.69, 9.17) is 9.47 Å². The number of nitrogens with zero attached hydrogens (tertiary/aromatic N) is 1. The Balaban J connectivity index is 2.23. The minimum Gasteiger partial charge on any atom is -0.392 e. The molecule has 0 amide bonds. The molecule has 1 saturated heterocycles. The van der Waals surface area contributed by atoms with Gasteiger partial charge in [0.25, 0.3) is 0 Å². The zero-order valence-electron chi connectivity index (χ0n) is 11.0. The number of β-amino-alcohol motifs (C(OH)–C–C–N with tert-alkyl or cyclic N) is 1. The molecule has 1 heterocycles. The lowest BCUT2D eigenvalue weighted by molar-refractivity contribution is 0.125. The molecule has 0 radical (unpaired) electrons. The molecule has 1 aliphatic rings. The van der Waals surface area contributed by atoms with Gasteiger partial charge in [-0.3, -0.25) is 4.90 Å². The molecule has 102 valence electrons. The normalized spacial score (nSPS) is 24.7. The summed E-state index contributed by atoms with van der Waals surface area (Å²) in [6.07, 6.45) is 1.71. The van der Waals surface area contributed by atoms with Crippen molar-refractivity contribution in [3.05, 3.63) is 0 Å². The summed E-state index contributed by atoms with van der Waals surface area (Å²) >= 11 is 0. The lowest BCUT2D eigenvalue weighted by Crippen LogP contribution is -2.39. The summed E-state index contributed by atoms with van der Waals surface area (Å²) in [6, 6.07) is 0.407. The van der Waals surface area contributed by atoms with Crippen LogP contribution in [-0.2, 0) is 9.47 Å². The molecule has 0 aromatic rings. The molecular weight excluding hydrogens is 220 g/mol. The Morgan fingerprint density at radius 2 is 2.00 bits per heavy atom. The van der Waals surface area contributed by atoms with E-state index in [-0.39, 0.29) is 6.10 Å². The van der Waals surface area contributed by atoms with Crippen molar-refractivity contribution in [2.24, 2.45) is 0 Å². The molecule has 0 aromatic heterocycles. The summed E-state index contributed by atoms with van der Waals surface area (Å²) in [5.41, 5.74) is 0. The monoisotopic (exact) mass is 246 g/mol. The first-order chi connectivity index (χ1) is 8.26. The highest BCUT2D eigenvalue weighted by Gasteiger charge is 2.23. The van der Waals surface area contributed by atoms with E-state index in [0.717, 1.165) is 52.2 Å². The Kier molecular flexibility index (Phi) is 7.72. The number of ether oxygens (including phenoxy) is 2. The second-order valence-electron chi connectivity index (χ2n) is 4.63. The van der Waals surface area contributed by atoms with Gasteiger partial charge in [0.2, 0.25) is 0 Å². The van der Waals surface area contributed by atoms with E-state index in [1.165, 1.54) is 0 Å². The van der Waals surface area contributed by atoms with E-state index in [1.54, 1.807) is 14.2 Å². The Morgan fingerprint density at radius 3 is 2.59 bits per heavy atom. The number of hydrogen-bond acceptors (Lipinski definition) is 5. The molecule has 17 heavy (non-hydrogen) atoms. The molecule has 5 heteroatoms. The molecule has 2 unspecified atom stereocenters. The summed E-state index contributed by atoms with van der Waals surface area (Å²) in [7, 11) is 3.46. The topological polar surface area (TPSA) is 54.0 Å². The first-order valence-electron chi connectivity index (χ1n) is 6.38. The smallest absolute Gasteiger partial charge is 0.0680 e. The molecule has 0 saturated carbocycles. The predicted molar refractivity (Wildman–Crippen MR) is 67.2 cm³/mol. The van der Waals surface area contributed by atoms with Crippen LogP contribution >= 0.6 is 0 Å². The fourth-order valence-electron chi connectivity index (χ4n) is 2.20. The third-order valence-electron chi connectivity index (χ3n) is 3.11. The molecule has 1 aliphatic heterocycles. The first kappa shape index (κ1) is 14.9. The summed E-state index contributed by atoms with van der Waals surface area (Å²) < 4.78 is 10.2. The molecule has 0 aliphatic carbocycles. The van der Waals surface area contributed by atoms with Crippen LogP contribution in [-0.4, -0.2) is 75.8 Å². The molecule has 0 bridgehead atoms. The van der Waals surface area contributed by atoms with Gasteiger partial charge in [0.1, 0.15) is 0 Å². The number of nitrogens with one attached hydrogen (secondary N) is 1. The van der Waals surface area contributed by atoms with Crippen LogP contribution in [0.25, 0.3) is 0 Å². The predicted octanol–water partition coefficient (Wildman–Crippen LogP) is -0.306. The van der Waals surface area contributed by atoms with Crippen LogP contribution < -0.4 is 5.32 Å². The number of rotatable bonds is 9. The van der Waals surface area contributed by atoms with Crippen LogP contribution in [0.4, 0.5) is 0 Å². The molecule has 0 spiro atoms. The maximum Gasteiger partial charge on any atom is 0.0680 e. The van der Waals surface area contributed by atoms with E-state index in [1.807, 2.05) is 0 Å². The van der Waals surface area contributed by atoms with E-state index in [2.05, 4.69) is 10.2 Å². The third kappa shape index (κ3) is 6.33. The number of aliphatic hydroxyl groups is 1. The van der Waals surface area contributed by atoms with Crippen LogP contribution in [0.2, 0.25) is 0 Å². The first-order valence-corrected chi connectivity index (χ1v) is 6.38. The number of methoxy groups -OCH3 is 2. The Morgan fingerprint density at radius 1 is 1.24 bits per heavy atom. The van der Waals surface area contributed by atoms with Crippen molar-refractivity contribution in [3.8, 4) is 0 Å². The van der Waals surface area contributed by atoms with Gasteiger partial charge in [-0.25, -0.2) is 0 Å². The minimum atomic E-state index is -0.178. The fraction of sp³-hybridized carbons (Fsp3) is 1.00. The van der Waals surface area contributed by atoms with Crippen LogP contribution in [0.3, 0.4) is 0 Å². The van der Waals surface area contributed by atoms with E-state index >= 15 is 0 Å². The maximum atomic E-state index is 9.48. The quantitative estimate of drug-likeness (QED) is 0.547. The van der Waals surface area contributed by atoms with Crippen molar-refractivity contribution >= 4 is 0 Å². The Hall–Kier alpha value is -0.200. The van der Waals surface area contributed by atoms with Crippen molar-refractivity contribution in [1.82, 2.24) is 10.2 Å². The maximum absolute atomic E-state index is 9.48. The van der Waals surface area contributed by atoms with Crippen molar-refractivity contribution in [2.45, 2.75) is 25.0 Å². The van der Waals surface area contributed by atoms with Crippen molar-refractivity contribution < 1.29 is 14.6 Å². The number of hydrogen-bond donors (Lipinski definition) is 2. The average Bonchev–Trinajstić information content (AvgIpc) is 2.72. The van der Waals surface area contributed by atoms with Crippen LogP contribution in [0, 0.1) is 0 Å². The minimum absolute atomic E-state index is 0.178. The summed E-state index contributed by atoms with van der Waals surface area (Å²) in [5.74, 6) is 0. The Labute approximate surface area is 104 Å². The van der Waals surface area contributed by atoms with Crippen molar-refractivity contribution in [1.29, 1.82) is 0 Å². The number of aliphatic hydroxyl groups excluding tert-OH is 1. The van der Waals surface area contributed by atoms with Crippen LogP contribution in [0.15, 0.2) is 0 Å². The Bertz CT molecular complexity index is 193. The van der Waals surface area contributed by atoms with Gasteiger partial charge >= 0.3 is 0 Å². The SMILES string of the molecule is COCCCN(CCOC)CC1CC(O)CN1. The molecular formula is C12H26N2O3. The zero-order chi connectivity index (χ0) is 12.5. The van der Waals surface area contributed by atoms with E-state index in [0.29, 0.717) is 6.04 Å². The van der Waals surface area contributed by atoms with Gasteiger partial charge in [-0.05, 0) is 12.8 Å². The third-order valence-corrected chi connectivity index (χ3v) is 3.11. The highest BCUT2D eigenvalue weighted by atomic mass is 16.5. The van der Waals surface area contributed by atoms with Gasteiger partial charge < -0.3 is 19.9 Å². The van der Waals surface area contributed by atoms with Gasteiger partial charge in [-0.15, -0.1) is 0 Å². The summed E-state index contributed by atoms with van der Waals surface area (Å²) in [5, 5.41) is 12.8. The van der Waals surface area contributed by atoms with Gasteiger partial charge in [0, 0.05) is 53.0 Å². The van der Waals surface area contributed by atoms with E-state index < -0.39 is 0 Å². The van der Waals surface area contributed by atoms with Gasteiger partial charge in [0.05, 0.1) is 12.7 Å². The average molecular weight is 246 g/mol. The standard InChI is InChI=1S/C12H26N2O3/c1-16-6-3-4-14(5-7-17-2)10-11-8-12(15)9-13-11/h11-13,15H,3-10H2,1-2H3. The largest absolute Gasteiger partial charge is 0.392 e. The van der Waals surface area contributed by atoms with Crippen LogP contribution in [0.1, 0.15) is 12.8 Å². The summed E-state index contributed by atoms with van der Waals surface area (Å²) in [4.78, 5) is 2.37. The molecule has 5 nitrogen and oxygen atoms in total. The van der Waals surface area contributed by atoms with Gasteiger partial charge in [-0.1, -0.05) is 0 Å². The molecule has 2 N–H and O–H groups in total. The molecule has 2 atom stereocenters.